The van der Waals surface area contributed by atoms with Crippen LogP contribution in [0.15, 0.2) is 17.6 Å². The van der Waals surface area contributed by atoms with Crippen LogP contribution in [0.4, 0.5) is 11.4 Å². The number of benzene rings is 1. The third-order valence-corrected chi connectivity index (χ3v) is 3.51. The van der Waals surface area contributed by atoms with Crippen molar-refractivity contribution in [3.63, 3.8) is 0 Å². The molecule has 2 aromatic rings. The molecule has 19 heavy (non-hydrogen) atoms. The zero-order valence-corrected chi connectivity index (χ0v) is 11.6. The summed E-state index contributed by atoms with van der Waals surface area (Å²) in [6.45, 7) is 2.91. The predicted molar refractivity (Wildman–Crippen MR) is 78.4 cm³/mol. The molecule has 0 aliphatic rings. The maximum absolute atomic E-state index is 11.2. The third-order valence-electron chi connectivity index (χ3n) is 2.72. The molecule has 0 amide bonds. The van der Waals surface area contributed by atoms with Crippen LogP contribution in [0, 0.1) is 0 Å². The van der Waals surface area contributed by atoms with Crippen LogP contribution in [-0.4, -0.2) is 24.1 Å². The van der Waals surface area contributed by atoms with Crippen molar-refractivity contribution in [1.29, 1.82) is 0 Å². The molecule has 0 saturated carbocycles. The average molecular weight is 279 g/mol. The number of carbonyl (C=O) groups excluding carboxylic acids is 1. The average Bonchev–Trinajstić information content (AvgIpc) is 2.86. The van der Waals surface area contributed by atoms with Crippen molar-refractivity contribution in [3.8, 4) is 0 Å². The van der Waals surface area contributed by atoms with Crippen LogP contribution in [-0.2, 0) is 9.53 Å². The zero-order valence-electron chi connectivity index (χ0n) is 10.8. The van der Waals surface area contributed by atoms with E-state index in [2.05, 4.69) is 10.3 Å². The Balaban J connectivity index is 1.88. The number of nitrogens with two attached hydrogens (primary N) is 1. The van der Waals surface area contributed by atoms with Crippen molar-refractivity contribution in [2.24, 2.45) is 0 Å². The predicted octanol–water partition coefficient (Wildman–Crippen LogP) is 2.63. The number of fused-ring (bicyclic) bond motifs is 1. The number of carbonyl (C=O) groups is 1. The van der Waals surface area contributed by atoms with E-state index in [4.69, 9.17) is 10.5 Å². The first-order valence-corrected chi connectivity index (χ1v) is 7.11. The first-order chi connectivity index (χ1) is 9.22. The molecule has 102 valence electrons. The van der Waals surface area contributed by atoms with Crippen LogP contribution in [0.5, 0.6) is 0 Å². The van der Waals surface area contributed by atoms with Gasteiger partial charge < -0.3 is 15.8 Å². The van der Waals surface area contributed by atoms with E-state index in [1.54, 1.807) is 23.8 Å². The van der Waals surface area contributed by atoms with Gasteiger partial charge in [-0.15, -0.1) is 11.3 Å². The van der Waals surface area contributed by atoms with Crippen molar-refractivity contribution in [2.45, 2.75) is 19.8 Å². The number of ether oxygens (including phenoxy) is 1. The highest BCUT2D eigenvalue weighted by atomic mass is 32.1. The molecule has 3 N–H and O–H groups in total. The maximum Gasteiger partial charge on any atom is 0.305 e. The van der Waals surface area contributed by atoms with Crippen molar-refractivity contribution in [1.82, 2.24) is 4.98 Å². The summed E-state index contributed by atoms with van der Waals surface area (Å²) in [6.07, 6.45) is 1.13. The van der Waals surface area contributed by atoms with Gasteiger partial charge in [-0.1, -0.05) is 0 Å². The Morgan fingerprint density at radius 1 is 1.53 bits per heavy atom. The topological polar surface area (TPSA) is 77.2 Å². The molecule has 6 heteroatoms. The molecule has 5 nitrogen and oxygen atoms in total. The van der Waals surface area contributed by atoms with E-state index in [1.807, 2.05) is 12.1 Å². The number of anilines is 2. The van der Waals surface area contributed by atoms with E-state index in [-0.39, 0.29) is 5.97 Å². The summed E-state index contributed by atoms with van der Waals surface area (Å²) in [5.41, 5.74) is 10.2. The molecular formula is C13H17N3O2S. The summed E-state index contributed by atoms with van der Waals surface area (Å²) in [5.74, 6) is -0.160. The maximum atomic E-state index is 11.2. The standard InChI is InChI=1S/C13H17N3O2S/c1-2-18-11(17)4-3-7-15-9-5-6-10-13(12(9)14)16-8-19-10/h5-6,8,15H,2-4,7,14H2,1H3. The molecule has 2 rings (SSSR count). The minimum Gasteiger partial charge on any atom is -0.466 e. The molecule has 0 aliphatic carbocycles. The fourth-order valence-corrected chi connectivity index (χ4v) is 2.49. The Hall–Kier alpha value is -1.82. The van der Waals surface area contributed by atoms with Gasteiger partial charge >= 0.3 is 5.97 Å². The lowest BCUT2D eigenvalue weighted by Crippen LogP contribution is -2.09. The summed E-state index contributed by atoms with van der Waals surface area (Å²) in [7, 11) is 0. The van der Waals surface area contributed by atoms with Crippen LogP contribution in [0.25, 0.3) is 10.2 Å². The minimum absolute atomic E-state index is 0.160. The number of nitrogen functional groups attached to an aromatic ring is 1. The lowest BCUT2D eigenvalue weighted by atomic mass is 10.2. The molecule has 0 saturated heterocycles. The number of nitrogens with one attached hydrogen (secondary N) is 1. The molecule has 1 aromatic carbocycles. The van der Waals surface area contributed by atoms with Gasteiger partial charge in [0.2, 0.25) is 0 Å². The van der Waals surface area contributed by atoms with E-state index < -0.39 is 0 Å². The number of hydrogen-bond acceptors (Lipinski definition) is 6. The molecule has 0 bridgehead atoms. The Kier molecular flexibility index (Phi) is 4.57. The van der Waals surface area contributed by atoms with E-state index in [0.717, 1.165) is 15.9 Å². The van der Waals surface area contributed by atoms with Gasteiger partial charge in [-0.25, -0.2) is 4.98 Å². The molecule has 0 radical (unpaired) electrons. The normalized spacial score (nSPS) is 10.6. The molecule has 0 unspecified atom stereocenters. The van der Waals surface area contributed by atoms with Crippen LogP contribution < -0.4 is 11.1 Å². The van der Waals surface area contributed by atoms with Crippen molar-refractivity contribution in [2.75, 3.05) is 24.2 Å². The SMILES string of the molecule is CCOC(=O)CCCNc1ccc2scnc2c1N. The van der Waals surface area contributed by atoms with Gasteiger partial charge in [-0.2, -0.15) is 0 Å². The van der Waals surface area contributed by atoms with Crippen LogP contribution in [0.1, 0.15) is 19.8 Å². The van der Waals surface area contributed by atoms with E-state index in [9.17, 15) is 4.79 Å². The summed E-state index contributed by atoms with van der Waals surface area (Å²) in [6, 6.07) is 3.94. The Morgan fingerprint density at radius 2 is 2.37 bits per heavy atom. The summed E-state index contributed by atoms with van der Waals surface area (Å²) < 4.78 is 5.94. The lowest BCUT2D eigenvalue weighted by Gasteiger charge is -2.09. The molecule has 0 fully saturated rings. The molecule has 0 atom stereocenters. The largest absolute Gasteiger partial charge is 0.466 e. The number of esters is 1. The van der Waals surface area contributed by atoms with Gasteiger partial charge in [-0.05, 0) is 25.5 Å². The van der Waals surface area contributed by atoms with Crippen molar-refractivity contribution in [3.05, 3.63) is 17.6 Å². The van der Waals surface area contributed by atoms with E-state index in [1.165, 1.54) is 0 Å². The summed E-state index contributed by atoms with van der Waals surface area (Å²) >= 11 is 1.57. The number of nitrogens with zero attached hydrogens (tertiary/aromatic N) is 1. The Labute approximate surface area is 115 Å². The zero-order chi connectivity index (χ0) is 13.7. The van der Waals surface area contributed by atoms with E-state index >= 15 is 0 Å². The van der Waals surface area contributed by atoms with Gasteiger partial charge in [0.1, 0.15) is 5.52 Å². The van der Waals surface area contributed by atoms with Crippen LogP contribution in [0.3, 0.4) is 0 Å². The van der Waals surface area contributed by atoms with E-state index in [0.29, 0.717) is 31.7 Å². The quantitative estimate of drug-likeness (QED) is 0.483. The second kappa shape index (κ2) is 6.38. The van der Waals surface area contributed by atoms with Crippen LogP contribution >= 0.6 is 11.3 Å². The number of rotatable bonds is 6. The van der Waals surface area contributed by atoms with Gasteiger partial charge in [0, 0.05) is 13.0 Å². The number of hydrogen-bond donors (Lipinski definition) is 2. The highest BCUT2D eigenvalue weighted by Gasteiger charge is 2.06. The summed E-state index contributed by atoms with van der Waals surface area (Å²) in [4.78, 5) is 15.4. The molecule has 1 aromatic heterocycles. The van der Waals surface area contributed by atoms with Gasteiger partial charge in [-0.3, -0.25) is 4.79 Å². The Morgan fingerprint density at radius 3 is 3.16 bits per heavy atom. The fraction of sp³-hybridized carbons (Fsp3) is 0.385. The van der Waals surface area contributed by atoms with Crippen molar-refractivity contribution < 1.29 is 9.53 Å². The molecule has 0 spiro atoms. The lowest BCUT2D eigenvalue weighted by molar-refractivity contribution is -0.143. The van der Waals surface area contributed by atoms with Gasteiger partial charge in [0.15, 0.2) is 0 Å². The monoisotopic (exact) mass is 279 g/mol. The summed E-state index contributed by atoms with van der Waals surface area (Å²) in [5, 5.41) is 3.22. The molecule has 0 aliphatic heterocycles. The highest BCUT2D eigenvalue weighted by molar-refractivity contribution is 7.16. The van der Waals surface area contributed by atoms with Gasteiger partial charge in [0.05, 0.1) is 28.2 Å². The first-order valence-electron chi connectivity index (χ1n) is 6.23. The number of aromatic nitrogens is 1. The second-order valence-electron chi connectivity index (χ2n) is 4.06. The smallest absolute Gasteiger partial charge is 0.305 e. The molecule has 1 heterocycles. The third kappa shape index (κ3) is 3.35. The molecular weight excluding hydrogens is 262 g/mol. The van der Waals surface area contributed by atoms with Crippen molar-refractivity contribution >= 4 is 38.9 Å². The first kappa shape index (κ1) is 13.6. The fourth-order valence-electron chi connectivity index (χ4n) is 1.80. The minimum atomic E-state index is -0.160. The highest BCUT2D eigenvalue weighted by Crippen LogP contribution is 2.29. The van der Waals surface area contributed by atoms with Gasteiger partial charge in [0.25, 0.3) is 0 Å². The number of thiazole rings is 1. The van der Waals surface area contributed by atoms with Crippen LogP contribution in [0.2, 0.25) is 0 Å². The Bertz CT molecular complexity index is 568. The second-order valence-corrected chi connectivity index (χ2v) is 4.95.